The average Bonchev–Trinajstić information content (AvgIpc) is 3.60. The summed E-state index contributed by atoms with van der Waals surface area (Å²) in [5.74, 6) is 1.73. The minimum atomic E-state index is 0.560. The first-order valence-corrected chi connectivity index (χ1v) is 17.2. The van der Waals surface area contributed by atoms with Gasteiger partial charge in [0.05, 0.1) is 22.4 Å². The van der Waals surface area contributed by atoms with Gasteiger partial charge in [0, 0.05) is 49.4 Å². The summed E-state index contributed by atoms with van der Waals surface area (Å²) >= 11 is 0. The molecule has 0 atom stereocenters. The van der Waals surface area contributed by atoms with Crippen LogP contribution in [0.4, 0.5) is 0 Å². The Labute approximate surface area is 300 Å². The highest BCUT2D eigenvalue weighted by molar-refractivity contribution is 6.15. The quantitative estimate of drug-likeness (QED) is 0.124. The van der Waals surface area contributed by atoms with Crippen LogP contribution in [0.3, 0.4) is 0 Å². The van der Waals surface area contributed by atoms with Crippen LogP contribution < -0.4 is 0 Å². The fraction of sp³-hybridized carbons (Fsp3) is 0.0217. The lowest BCUT2D eigenvalue weighted by atomic mass is 10.0. The molecule has 0 fully saturated rings. The van der Waals surface area contributed by atoms with Gasteiger partial charge in [0.15, 0.2) is 17.5 Å². The van der Waals surface area contributed by atoms with E-state index in [0.29, 0.717) is 17.5 Å². The van der Waals surface area contributed by atoms with Crippen LogP contribution in [-0.4, -0.2) is 24.9 Å². The second kappa shape index (κ2) is 13.0. The monoisotopic (exact) mass is 669 g/mol. The van der Waals surface area contributed by atoms with Gasteiger partial charge in [-0.05, 0) is 31.2 Å². The third-order valence-electron chi connectivity index (χ3n) is 9.28. The fourth-order valence-electron chi connectivity index (χ4n) is 6.74. The van der Waals surface area contributed by atoms with Gasteiger partial charge in [-0.25, -0.2) is 24.9 Å². The number of benzene rings is 5. The highest BCUT2D eigenvalue weighted by atomic mass is 16.3. The van der Waals surface area contributed by atoms with Crippen molar-refractivity contribution in [3.8, 4) is 45.3 Å². The predicted molar refractivity (Wildman–Crippen MR) is 212 cm³/mol. The van der Waals surface area contributed by atoms with Crippen LogP contribution in [0.5, 0.6) is 0 Å². The van der Waals surface area contributed by atoms with E-state index in [1.54, 1.807) is 6.08 Å². The Hall–Kier alpha value is -7.05. The van der Waals surface area contributed by atoms with E-state index in [1.807, 2.05) is 91.9 Å². The summed E-state index contributed by atoms with van der Waals surface area (Å²) in [4.78, 5) is 25.3. The smallest absolute Gasteiger partial charge is 0.164 e. The van der Waals surface area contributed by atoms with E-state index >= 15 is 0 Å². The van der Waals surface area contributed by atoms with Crippen molar-refractivity contribution in [3.63, 3.8) is 0 Å². The van der Waals surface area contributed by atoms with Gasteiger partial charge in [-0.15, -0.1) is 0 Å². The first kappa shape index (κ1) is 31.0. The first-order chi connectivity index (χ1) is 25.7. The van der Waals surface area contributed by atoms with Crippen LogP contribution in [0, 0.1) is 0 Å². The third-order valence-corrected chi connectivity index (χ3v) is 9.28. The van der Waals surface area contributed by atoms with Crippen molar-refractivity contribution in [1.82, 2.24) is 24.9 Å². The molecule has 0 aliphatic carbocycles. The van der Waals surface area contributed by atoms with Crippen LogP contribution >= 0.6 is 0 Å². The predicted octanol–water partition coefficient (Wildman–Crippen LogP) is 11.7. The standard InChI is InChI=1S/C46H31N5O/c1-3-5-14-29(4-2)44-49-45(33-17-10-7-11-18-33)51-46(50-44)36-21-13-22-39-40(36)35-20-12-19-34(43(35)52-39)38-28-26-32-24-23-31-25-27-37(30-15-8-6-9-16-30)47-41(31)42(32)48-38/h3-28H,1H2,2H3/b14-5-,29-4+. The lowest BCUT2D eigenvalue weighted by Gasteiger charge is -2.09. The first-order valence-electron chi connectivity index (χ1n) is 17.2. The maximum absolute atomic E-state index is 6.68. The number of hydrogen-bond acceptors (Lipinski definition) is 6. The molecular formula is C46H31N5O. The maximum atomic E-state index is 6.68. The molecule has 0 radical (unpaired) electrons. The van der Waals surface area contributed by atoms with E-state index in [2.05, 4.69) is 73.3 Å². The van der Waals surface area contributed by atoms with Gasteiger partial charge in [0.2, 0.25) is 0 Å². The molecule has 0 spiro atoms. The van der Waals surface area contributed by atoms with E-state index < -0.39 is 0 Å². The molecule has 0 bridgehead atoms. The van der Waals surface area contributed by atoms with Gasteiger partial charge in [-0.3, -0.25) is 0 Å². The molecule has 52 heavy (non-hydrogen) atoms. The molecule has 0 saturated carbocycles. The largest absolute Gasteiger partial charge is 0.455 e. The van der Waals surface area contributed by atoms with Crippen LogP contribution in [0.1, 0.15) is 12.7 Å². The van der Waals surface area contributed by atoms with Gasteiger partial charge in [0.25, 0.3) is 0 Å². The molecule has 246 valence electrons. The van der Waals surface area contributed by atoms with Crippen molar-refractivity contribution in [3.05, 3.63) is 170 Å². The molecule has 9 aromatic rings. The van der Waals surface area contributed by atoms with Crippen molar-refractivity contribution < 1.29 is 4.42 Å². The highest BCUT2D eigenvalue weighted by Gasteiger charge is 2.20. The number of para-hydroxylation sites is 1. The van der Waals surface area contributed by atoms with E-state index in [0.717, 1.165) is 83.0 Å². The Balaban J connectivity index is 1.23. The molecule has 0 aliphatic rings. The number of furan rings is 1. The second-order valence-electron chi connectivity index (χ2n) is 12.4. The van der Waals surface area contributed by atoms with Crippen LogP contribution in [0.15, 0.2) is 169 Å². The lowest BCUT2D eigenvalue weighted by Crippen LogP contribution is -2.02. The minimum Gasteiger partial charge on any atom is -0.455 e. The topological polar surface area (TPSA) is 77.6 Å². The molecule has 0 unspecified atom stereocenters. The molecule has 4 aromatic heterocycles. The van der Waals surface area contributed by atoms with Gasteiger partial charge in [-0.2, -0.15) is 0 Å². The van der Waals surface area contributed by atoms with E-state index in [1.165, 1.54) is 0 Å². The third kappa shape index (κ3) is 5.43. The summed E-state index contributed by atoms with van der Waals surface area (Å²) in [5.41, 5.74) is 9.50. The Morgan fingerprint density at radius 2 is 1.21 bits per heavy atom. The summed E-state index contributed by atoms with van der Waals surface area (Å²) in [6, 6.07) is 45.0. The zero-order chi connectivity index (χ0) is 35.0. The number of nitrogens with zero attached hydrogens (tertiary/aromatic N) is 5. The number of fused-ring (bicyclic) bond motifs is 6. The van der Waals surface area contributed by atoms with Gasteiger partial charge >= 0.3 is 0 Å². The summed E-state index contributed by atoms with van der Waals surface area (Å²) in [6.07, 6.45) is 7.57. The SMILES string of the molecule is C=C/C=C\C(=C/C)c1nc(-c2ccccc2)nc(-c2cccc3oc4c(-c5ccc6ccc7ccc(-c8ccccc8)nc7c6n5)cccc4c23)n1. The van der Waals surface area contributed by atoms with E-state index in [4.69, 9.17) is 29.3 Å². The van der Waals surface area contributed by atoms with Crippen molar-refractivity contribution >= 4 is 49.3 Å². The summed E-state index contributed by atoms with van der Waals surface area (Å²) in [5, 5.41) is 3.94. The summed E-state index contributed by atoms with van der Waals surface area (Å²) in [7, 11) is 0. The number of rotatable bonds is 7. The van der Waals surface area contributed by atoms with E-state index in [-0.39, 0.29) is 0 Å². The molecule has 0 aliphatic heterocycles. The lowest BCUT2D eigenvalue weighted by molar-refractivity contribution is 0.670. The van der Waals surface area contributed by atoms with Crippen molar-refractivity contribution in [2.45, 2.75) is 6.92 Å². The Bertz CT molecular complexity index is 2870. The van der Waals surface area contributed by atoms with Crippen LogP contribution in [0.25, 0.3) is 94.6 Å². The van der Waals surface area contributed by atoms with E-state index in [9.17, 15) is 0 Å². The van der Waals surface area contributed by atoms with Crippen molar-refractivity contribution in [2.75, 3.05) is 0 Å². The molecular weight excluding hydrogens is 639 g/mol. The molecule has 0 amide bonds. The van der Waals surface area contributed by atoms with Crippen LogP contribution in [-0.2, 0) is 0 Å². The molecule has 5 aromatic carbocycles. The molecule has 6 heteroatoms. The second-order valence-corrected chi connectivity index (χ2v) is 12.4. The number of aromatic nitrogens is 5. The minimum absolute atomic E-state index is 0.560. The summed E-state index contributed by atoms with van der Waals surface area (Å²) in [6.45, 7) is 5.81. The normalized spacial score (nSPS) is 12.1. The van der Waals surface area contributed by atoms with Gasteiger partial charge < -0.3 is 4.42 Å². The number of hydrogen-bond donors (Lipinski definition) is 0. The molecule has 0 N–H and O–H groups in total. The van der Waals surface area contributed by atoms with Crippen molar-refractivity contribution in [2.24, 2.45) is 0 Å². The Morgan fingerprint density at radius 3 is 1.94 bits per heavy atom. The van der Waals surface area contributed by atoms with Gasteiger partial charge in [0.1, 0.15) is 11.2 Å². The average molecular weight is 670 g/mol. The number of pyridine rings is 2. The Morgan fingerprint density at radius 1 is 0.577 bits per heavy atom. The molecule has 6 nitrogen and oxygen atoms in total. The van der Waals surface area contributed by atoms with Crippen LogP contribution in [0.2, 0.25) is 0 Å². The highest BCUT2D eigenvalue weighted by Crippen LogP contribution is 2.40. The molecule has 0 saturated heterocycles. The zero-order valence-corrected chi connectivity index (χ0v) is 28.4. The zero-order valence-electron chi connectivity index (χ0n) is 28.4. The molecule has 4 heterocycles. The van der Waals surface area contributed by atoms with Gasteiger partial charge in [-0.1, -0.05) is 140 Å². The summed E-state index contributed by atoms with van der Waals surface area (Å²) < 4.78 is 6.68. The Kier molecular flexibility index (Phi) is 7.75. The van der Waals surface area contributed by atoms with Crippen molar-refractivity contribution in [1.29, 1.82) is 0 Å². The maximum Gasteiger partial charge on any atom is 0.164 e. The fourth-order valence-corrected chi connectivity index (χ4v) is 6.74. The number of allylic oxidation sites excluding steroid dienone is 5. The molecule has 9 rings (SSSR count).